The number of aliphatic imine (C=N–C) groups is 1. The Morgan fingerprint density at radius 2 is 2.00 bits per heavy atom. The predicted molar refractivity (Wildman–Crippen MR) is 121 cm³/mol. The first-order valence-corrected chi connectivity index (χ1v) is 8.94. The van der Waals surface area contributed by atoms with E-state index in [1.807, 2.05) is 54.4 Å². The van der Waals surface area contributed by atoms with Gasteiger partial charge in [0.2, 0.25) is 0 Å². The number of halogens is 2. The summed E-state index contributed by atoms with van der Waals surface area (Å²) in [7, 11) is 3.71. The number of nitrogens with zero attached hydrogens (tertiary/aromatic N) is 5. The van der Waals surface area contributed by atoms with E-state index in [0.717, 1.165) is 16.5 Å². The van der Waals surface area contributed by atoms with Crippen LogP contribution in [0.1, 0.15) is 11.4 Å². The largest absolute Gasteiger partial charge is 0.356 e. The lowest BCUT2D eigenvalue weighted by Crippen LogP contribution is -2.39. The van der Waals surface area contributed by atoms with Crippen LogP contribution in [0.5, 0.6) is 0 Å². The van der Waals surface area contributed by atoms with Gasteiger partial charge in [0.1, 0.15) is 5.69 Å². The smallest absolute Gasteiger partial charge is 0.276 e. The molecule has 1 N–H and O–H groups in total. The van der Waals surface area contributed by atoms with E-state index in [9.17, 15) is 0 Å². The maximum absolute atomic E-state index is 6.23. The molecule has 0 spiro atoms. The highest BCUT2D eigenvalue weighted by atomic mass is 127. The van der Waals surface area contributed by atoms with E-state index in [1.165, 1.54) is 0 Å². The molecular weight excluding hydrogens is 491 g/mol. The van der Waals surface area contributed by atoms with Crippen molar-refractivity contribution in [2.45, 2.75) is 13.0 Å². The van der Waals surface area contributed by atoms with E-state index < -0.39 is 0 Å². The fourth-order valence-electron chi connectivity index (χ4n) is 2.58. The molecule has 0 aliphatic rings. The van der Waals surface area contributed by atoms with Gasteiger partial charge in [-0.25, -0.2) is 0 Å². The quantitative estimate of drug-likeness (QED) is 0.309. The Kier molecular flexibility index (Phi) is 8.65. The molecule has 0 aliphatic carbocycles. The zero-order valence-corrected chi connectivity index (χ0v) is 18.8. The van der Waals surface area contributed by atoms with E-state index in [2.05, 4.69) is 25.4 Å². The van der Waals surface area contributed by atoms with Crippen LogP contribution in [0.15, 0.2) is 58.2 Å². The summed E-state index contributed by atoms with van der Waals surface area (Å²) in [6.07, 6.45) is 2.30. The Morgan fingerprint density at radius 3 is 2.71 bits per heavy atom. The molecule has 28 heavy (non-hydrogen) atoms. The Morgan fingerprint density at radius 1 is 1.21 bits per heavy atom. The first-order chi connectivity index (χ1) is 13.2. The first-order valence-electron chi connectivity index (χ1n) is 8.56. The van der Waals surface area contributed by atoms with Gasteiger partial charge in [-0.15, -0.1) is 24.0 Å². The Hall–Kier alpha value is -2.20. The van der Waals surface area contributed by atoms with Crippen molar-refractivity contribution in [1.82, 2.24) is 25.3 Å². The van der Waals surface area contributed by atoms with E-state index in [4.69, 9.17) is 16.1 Å². The second kappa shape index (κ2) is 11.0. The highest BCUT2D eigenvalue weighted by Crippen LogP contribution is 2.16. The molecule has 2 aromatic heterocycles. The van der Waals surface area contributed by atoms with Gasteiger partial charge in [0.25, 0.3) is 5.89 Å². The summed E-state index contributed by atoms with van der Waals surface area (Å²) in [6.45, 7) is 1.28. The number of aromatic nitrogens is 3. The highest BCUT2D eigenvalue weighted by molar-refractivity contribution is 14.0. The molecule has 148 valence electrons. The topological polar surface area (TPSA) is 79.4 Å². The minimum absolute atomic E-state index is 0. The number of benzene rings is 1. The highest BCUT2D eigenvalue weighted by Gasteiger charge is 2.11. The molecule has 0 unspecified atom stereocenters. The molecule has 3 aromatic rings. The van der Waals surface area contributed by atoms with E-state index in [0.29, 0.717) is 36.9 Å². The molecule has 0 saturated heterocycles. The number of hydrogen-bond acceptors (Lipinski definition) is 5. The van der Waals surface area contributed by atoms with E-state index in [-0.39, 0.29) is 24.0 Å². The van der Waals surface area contributed by atoms with Crippen molar-refractivity contribution >= 4 is 41.5 Å². The molecular formula is C19H22ClIN6O. The van der Waals surface area contributed by atoms with Crippen molar-refractivity contribution in [3.05, 3.63) is 65.1 Å². The van der Waals surface area contributed by atoms with Crippen molar-refractivity contribution in [1.29, 1.82) is 0 Å². The van der Waals surface area contributed by atoms with Crippen LogP contribution < -0.4 is 5.32 Å². The monoisotopic (exact) mass is 512 g/mol. The summed E-state index contributed by atoms with van der Waals surface area (Å²) >= 11 is 6.23. The lowest BCUT2D eigenvalue weighted by atomic mass is 10.2. The normalized spacial score (nSPS) is 11.0. The minimum Gasteiger partial charge on any atom is -0.356 e. The van der Waals surface area contributed by atoms with Crippen LogP contribution in [0.3, 0.4) is 0 Å². The van der Waals surface area contributed by atoms with Gasteiger partial charge in [-0.2, -0.15) is 4.98 Å². The van der Waals surface area contributed by atoms with Crippen molar-refractivity contribution in [3.8, 4) is 11.6 Å². The second-order valence-corrected chi connectivity index (χ2v) is 6.31. The van der Waals surface area contributed by atoms with Crippen LogP contribution in [-0.4, -0.2) is 46.6 Å². The molecule has 0 amide bonds. The second-order valence-electron chi connectivity index (χ2n) is 5.90. The summed E-state index contributed by atoms with van der Waals surface area (Å²) < 4.78 is 5.27. The van der Waals surface area contributed by atoms with Gasteiger partial charge in [-0.1, -0.05) is 41.0 Å². The molecule has 3 rings (SSSR count). The molecule has 0 atom stereocenters. The summed E-state index contributed by atoms with van der Waals surface area (Å²) in [4.78, 5) is 14.9. The van der Waals surface area contributed by atoms with Crippen molar-refractivity contribution in [3.63, 3.8) is 0 Å². The first kappa shape index (κ1) is 22.1. The van der Waals surface area contributed by atoms with Gasteiger partial charge in [0, 0.05) is 44.8 Å². The summed E-state index contributed by atoms with van der Waals surface area (Å²) in [5, 5.41) is 8.05. The fraction of sp³-hybridized carbons (Fsp3) is 0.263. The lowest BCUT2D eigenvalue weighted by molar-refractivity contribution is 0.420. The third-order valence-corrected chi connectivity index (χ3v) is 4.29. The maximum atomic E-state index is 6.23. The fourth-order valence-corrected chi connectivity index (χ4v) is 2.77. The van der Waals surface area contributed by atoms with Crippen LogP contribution in [0.2, 0.25) is 5.02 Å². The summed E-state index contributed by atoms with van der Waals surface area (Å²) in [5.41, 5.74) is 1.71. The van der Waals surface area contributed by atoms with Gasteiger partial charge in [0.05, 0.1) is 0 Å². The van der Waals surface area contributed by atoms with Gasteiger partial charge in [-0.3, -0.25) is 9.98 Å². The SMILES string of the molecule is CN=C(NCCc1noc(-c2ccccn2)n1)N(C)Cc1ccccc1Cl.I. The molecule has 1 aromatic carbocycles. The van der Waals surface area contributed by atoms with Crippen LogP contribution in [0, 0.1) is 0 Å². The van der Waals surface area contributed by atoms with Crippen LogP contribution in [-0.2, 0) is 13.0 Å². The molecule has 0 radical (unpaired) electrons. The lowest BCUT2D eigenvalue weighted by Gasteiger charge is -2.22. The average molecular weight is 513 g/mol. The maximum Gasteiger partial charge on any atom is 0.276 e. The molecule has 0 bridgehead atoms. The third-order valence-electron chi connectivity index (χ3n) is 3.92. The number of pyridine rings is 1. The van der Waals surface area contributed by atoms with Crippen LogP contribution in [0.4, 0.5) is 0 Å². The molecule has 2 heterocycles. The number of nitrogens with one attached hydrogen (secondary N) is 1. The Bertz CT molecular complexity index is 902. The van der Waals surface area contributed by atoms with E-state index in [1.54, 1.807) is 13.2 Å². The molecule has 9 heteroatoms. The summed E-state index contributed by atoms with van der Waals surface area (Å²) in [6, 6.07) is 13.3. The Labute approximate surface area is 186 Å². The van der Waals surface area contributed by atoms with Crippen molar-refractivity contribution < 1.29 is 4.52 Å². The van der Waals surface area contributed by atoms with Crippen LogP contribution >= 0.6 is 35.6 Å². The Balaban J connectivity index is 0.00000280. The number of rotatable bonds is 6. The molecule has 0 fully saturated rings. The zero-order chi connectivity index (χ0) is 19.1. The summed E-state index contributed by atoms with van der Waals surface area (Å²) in [5.74, 6) is 1.81. The molecule has 0 saturated carbocycles. The molecule has 0 aliphatic heterocycles. The van der Waals surface area contributed by atoms with Gasteiger partial charge < -0.3 is 14.7 Å². The van der Waals surface area contributed by atoms with Gasteiger partial charge in [0.15, 0.2) is 11.8 Å². The third kappa shape index (κ3) is 5.90. The van der Waals surface area contributed by atoms with Crippen molar-refractivity contribution in [2.24, 2.45) is 4.99 Å². The number of guanidine groups is 1. The molecule has 7 nitrogen and oxygen atoms in total. The average Bonchev–Trinajstić information content (AvgIpc) is 3.16. The zero-order valence-electron chi connectivity index (χ0n) is 15.7. The van der Waals surface area contributed by atoms with Crippen LogP contribution in [0.25, 0.3) is 11.6 Å². The van der Waals surface area contributed by atoms with E-state index >= 15 is 0 Å². The minimum atomic E-state index is 0. The number of hydrogen-bond donors (Lipinski definition) is 1. The standard InChI is InChI=1S/C19H21ClN6O.HI/c1-21-19(26(2)13-14-7-3-4-8-15(14)20)23-12-10-17-24-18(27-25-17)16-9-5-6-11-22-16;/h3-9,11H,10,12-13H2,1-2H3,(H,21,23);1H. The van der Waals surface area contributed by atoms with Gasteiger partial charge in [-0.05, 0) is 23.8 Å². The van der Waals surface area contributed by atoms with Gasteiger partial charge >= 0.3 is 0 Å². The van der Waals surface area contributed by atoms with Crippen molar-refractivity contribution in [2.75, 3.05) is 20.6 Å². The predicted octanol–water partition coefficient (Wildman–Crippen LogP) is 3.65.